The Labute approximate surface area is 119 Å². The molecule has 1 atom stereocenters. The number of nitrogens with zero attached hydrogens (tertiary/aromatic N) is 1. The van der Waals surface area contributed by atoms with Gasteiger partial charge in [-0.15, -0.1) is 0 Å². The Balaban J connectivity index is 1.87. The van der Waals surface area contributed by atoms with Gasteiger partial charge in [0, 0.05) is 19.9 Å². The molecule has 0 aromatic heterocycles. The normalized spacial score (nSPS) is 16.8. The first-order valence-electron chi connectivity index (χ1n) is 7.15. The fourth-order valence-electron chi connectivity index (χ4n) is 2.84. The summed E-state index contributed by atoms with van der Waals surface area (Å²) in [6, 6.07) is 8.46. The molecule has 0 spiro atoms. The fraction of sp³-hybridized carbons (Fsp3) is 0.500. The number of carbonyl (C=O) groups is 2. The Hall–Kier alpha value is -1.84. The highest BCUT2D eigenvalue weighted by atomic mass is 16.4. The van der Waals surface area contributed by atoms with Crippen LogP contribution in [0, 0.1) is 0 Å². The molecule has 0 aliphatic heterocycles. The Morgan fingerprint density at radius 3 is 2.70 bits per heavy atom. The molecule has 2 rings (SSSR count). The summed E-state index contributed by atoms with van der Waals surface area (Å²) < 4.78 is 0. The molecule has 1 aliphatic carbocycles. The quantitative estimate of drug-likeness (QED) is 0.812. The van der Waals surface area contributed by atoms with Crippen LogP contribution >= 0.6 is 0 Å². The zero-order chi connectivity index (χ0) is 14.5. The fourth-order valence-corrected chi connectivity index (χ4v) is 2.84. The van der Waals surface area contributed by atoms with E-state index >= 15 is 0 Å². The van der Waals surface area contributed by atoms with Crippen LogP contribution in [0.2, 0.25) is 0 Å². The minimum absolute atomic E-state index is 0.108. The monoisotopic (exact) mass is 275 g/mol. The van der Waals surface area contributed by atoms with E-state index in [1.165, 1.54) is 11.1 Å². The smallest absolute Gasteiger partial charge is 0.303 e. The van der Waals surface area contributed by atoms with Crippen molar-refractivity contribution < 1.29 is 14.7 Å². The van der Waals surface area contributed by atoms with E-state index in [2.05, 4.69) is 12.1 Å². The van der Waals surface area contributed by atoms with Crippen LogP contribution in [0.3, 0.4) is 0 Å². The van der Waals surface area contributed by atoms with Crippen LogP contribution in [-0.2, 0) is 16.0 Å². The summed E-state index contributed by atoms with van der Waals surface area (Å²) in [5, 5.41) is 8.57. The maximum absolute atomic E-state index is 12.2. The van der Waals surface area contributed by atoms with E-state index in [4.69, 9.17) is 5.11 Å². The highest BCUT2D eigenvalue weighted by Crippen LogP contribution is 2.35. The number of unbranched alkanes of at least 4 members (excludes halogenated alkanes) is 1. The predicted octanol–water partition coefficient (Wildman–Crippen LogP) is 2.78. The third kappa shape index (κ3) is 3.38. The minimum atomic E-state index is -0.796. The average Bonchev–Trinajstić information content (AvgIpc) is 2.86. The van der Waals surface area contributed by atoms with E-state index in [1.54, 1.807) is 0 Å². The van der Waals surface area contributed by atoms with Crippen molar-refractivity contribution >= 4 is 11.9 Å². The van der Waals surface area contributed by atoms with Gasteiger partial charge >= 0.3 is 5.97 Å². The lowest BCUT2D eigenvalue weighted by atomic mass is 10.1. The van der Waals surface area contributed by atoms with Gasteiger partial charge in [-0.05, 0) is 36.8 Å². The molecule has 0 saturated heterocycles. The number of carboxylic acid groups (broad SMARTS) is 1. The van der Waals surface area contributed by atoms with Crippen molar-refractivity contribution in [2.24, 2.45) is 0 Å². The van der Waals surface area contributed by atoms with Gasteiger partial charge in [-0.25, -0.2) is 0 Å². The minimum Gasteiger partial charge on any atom is -0.481 e. The summed E-state index contributed by atoms with van der Waals surface area (Å²) >= 11 is 0. The summed E-state index contributed by atoms with van der Waals surface area (Å²) in [5.74, 6) is -0.687. The molecule has 0 fully saturated rings. The molecule has 20 heavy (non-hydrogen) atoms. The maximum Gasteiger partial charge on any atom is 0.303 e. The second kappa shape index (κ2) is 6.55. The van der Waals surface area contributed by atoms with Crippen molar-refractivity contribution in [3.8, 4) is 0 Å². The largest absolute Gasteiger partial charge is 0.481 e. The van der Waals surface area contributed by atoms with Gasteiger partial charge in [0.25, 0.3) is 0 Å². The van der Waals surface area contributed by atoms with E-state index in [9.17, 15) is 9.59 Å². The number of benzene rings is 1. The summed E-state index contributed by atoms with van der Waals surface area (Å²) in [7, 11) is 1.85. The van der Waals surface area contributed by atoms with Gasteiger partial charge in [0.2, 0.25) is 5.91 Å². The predicted molar refractivity (Wildman–Crippen MR) is 76.4 cm³/mol. The van der Waals surface area contributed by atoms with Crippen molar-refractivity contribution in [3.63, 3.8) is 0 Å². The molecule has 1 amide bonds. The number of carbonyl (C=O) groups excluding carboxylic acids is 1. The second-order valence-electron chi connectivity index (χ2n) is 5.36. The van der Waals surface area contributed by atoms with Crippen molar-refractivity contribution in [1.29, 1.82) is 0 Å². The van der Waals surface area contributed by atoms with Crippen molar-refractivity contribution in [2.75, 3.05) is 7.05 Å². The number of hydrogen-bond acceptors (Lipinski definition) is 2. The van der Waals surface area contributed by atoms with Gasteiger partial charge in [0.05, 0.1) is 6.04 Å². The van der Waals surface area contributed by atoms with E-state index in [0.717, 1.165) is 12.8 Å². The molecule has 1 N–H and O–H groups in total. The zero-order valence-corrected chi connectivity index (χ0v) is 11.8. The van der Waals surface area contributed by atoms with Crippen LogP contribution in [0.15, 0.2) is 24.3 Å². The van der Waals surface area contributed by atoms with Crippen molar-refractivity contribution in [3.05, 3.63) is 35.4 Å². The van der Waals surface area contributed by atoms with Crippen LogP contribution in [0.1, 0.15) is 49.3 Å². The first-order valence-corrected chi connectivity index (χ1v) is 7.15. The van der Waals surface area contributed by atoms with E-state index in [-0.39, 0.29) is 18.4 Å². The Morgan fingerprint density at radius 2 is 1.95 bits per heavy atom. The van der Waals surface area contributed by atoms with E-state index in [1.807, 2.05) is 24.1 Å². The standard InChI is InChI=1S/C16H21NO3/c1-17(15(18)8-4-5-9-16(19)20)14-11-10-12-6-2-3-7-13(12)14/h2-3,6-7,14H,4-5,8-11H2,1H3,(H,19,20). The Morgan fingerprint density at radius 1 is 1.25 bits per heavy atom. The number of rotatable bonds is 6. The van der Waals surface area contributed by atoms with E-state index < -0.39 is 5.97 Å². The highest BCUT2D eigenvalue weighted by molar-refractivity contribution is 5.76. The Kier molecular flexibility index (Phi) is 4.77. The summed E-state index contributed by atoms with van der Waals surface area (Å²) in [6.45, 7) is 0. The van der Waals surface area contributed by atoms with Crippen LogP contribution < -0.4 is 0 Å². The van der Waals surface area contributed by atoms with Gasteiger partial charge in [-0.1, -0.05) is 24.3 Å². The van der Waals surface area contributed by atoms with Crippen LogP contribution in [0.5, 0.6) is 0 Å². The summed E-state index contributed by atoms with van der Waals surface area (Å²) in [5.41, 5.74) is 2.59. The molecule has 1 aromatic rings. The van der Waals surface area contributed by atoms with Crippen LogP contribution in [0.25, 0.3) is 0 Å². The molecular formula is C16H21NO3. The molecule has 4 nitrogen and oxygen atoms in total. The second-order valence-corrected chi connectivity index (χ2v) is 5.36. The molecule has 0 heterocycles. The Bertz CT molecular complexity index is 498. The first-order chi connectivity index (χ1) is 9.59. The molecule has 0 bridgehead atoms. The number of fused-ring (bicyclic) bond motifs is 1. The summed E-state index contributed by atoms with van der Waals surface area (Å²) in [4.78, 5) is 24.4. The highest BCUT2D eigenvalue weighted by Gasteiger charge is 2.27. The van der Waals surface area contributed by atoms with Crippen molar-refractivity contribution in [1.82, 2.24) is 4.90 Å². The molecule has 0 radical (unpaired) electrons. The molecule has 4 heteroatoms. The number of hydrogen-bond donors (Lipinski definition) is 1. The molecule has 1 aromatic carbocycles. The molecule has 1 unspecified atom stereocenters. The molecule has 0 saturated carbocycles. The lowest BCUT2D eigenvalue weighted by Gasteiger charge is -2.25. The number of carboxylic acids is 1. The lowest BCUT2D eigenvalue weighted by Crippen LogP contribution is -2.29. The van der Waals surface area contributed by atoms with Crippen LogP contribution in [0.4, 0.5) is 0 Å². The van der Waals surface area contributed by atoms with Gasteiger partial charge < -0.3 is 10.0 Å². The first kappa shape index (κ1) is 14.6. The molecule has 1 aliphatic rings. The topological polar surface area (TPSA) is 57.6 Å². The summed E-state index contributed by atoms with van der Waals surface area (Å²) in [6.07, 6.45) is 3.79. The van der Waals surface area contributed by atoms with Crippen LogP contribution in [-0.4, -0.2) is 28.9 Å². The zero-order valence-electron chi connectivity index (χ0n) is 11.8. The van der Waals surface area contributed by atoms with Gasteiger partial charge in [0.15, 0.2) is 0 Å². The third-order valence-corrected chi connectivity index (χ3v) is 3.99. The number of amides is 1. The van der Waals surface area contributed by atoms with Gasteiger partial charge in [-0.3, -0.25) is 9.59 Å². The third-order valence-electron chi connectivity index (χ3n) is 3.99. The van der Waals surface area contributed by atoms with E-state index in [0.29, 0.717) is 19.3 Å². The number of aliphatic carboxylic acids is 1. The number of aryl methyl sites for hydroxylation is 1. The average molecular weight is 275 g/mol. The maximum atomic E-state index is 12.2. The van der Waals surface area contributed by atoms with Gasteiger partial charge in [0.1, 0.15) is 0 Å². The van der Waals surface area contributed by atoms with Crippen molar-refractivity contribution in [2.45, 2.75) is 44.6 Å². The molecular weight excluding hydrogens is 254 g/mol. The molecule has 108 valence electrons. The van der Waals surface area contributed by atoms with Gasteiger partial charge in [-0.2, -0.15) is 0 Å². The SMILES string of the molecule is CN(C(=O)CCCCC(=O)O)C1CCc2ccccc21. The lowest BCUT2D eigenvalue weighted by molar-refractivity contribution is -0.137.